The van der Waals surface area contributed by atoms with Crippen LogP contribution in [-0.2, 0) is 14.3 Å². The smallest absolute Gasteiger partial charge is 0.307 e. The molecule has 0 radical (unpaired) electrons. The molecule has 1 aromatic rings. The molecule has 1 aliphatic rings. The molecule has 1 aliphatic heterocycles. The maximum absolute atomic E-state index is 12.3. The summed E-state index contributed by atoms with van der Waals surface area (Å²) < 4.78 is 10.1. The standard InChI is InChI=1S/C14H19N3O4/c1-10-15-6-4-11(16-10)13(19)17-14(8-12(18)20-2)5-3-7-21-9-14/h4,6H,3,5,7-9H2,1-2H3,(H,17,19). The van der Waals surface area contributed by atoms with E-state index >= 15 is 0 Å². The van der Waals surface area contributed by atoms with Crippen LogP contribution in [0.3, 0.4) is 0 Å². The summed E-state index contributed by atoms with van der Waals surface area (Å²) >= 11 is 0. The average molecular weight is 293 g/mol. The fourth-order valence-electron chi connectivity index (χ4n) is 2.37. The van der Waals surface area contributed by atoms with Gasteiger partial charge in [0.05, 0.1) is 25.7 Å². The molecule has 1 fully saturated rings. The van der Waals surface area contributed by atoms with Crippen molar-refractivity contribution in [1.82, 2.24) is 15.3 Å². The molecule has 21 heavy (non-hydrogen) atoms. The van der Waals surface area contributed by atoms with Crippen molar-refractivity contribution in [2.75, 3.05) is 20.3 Å². The van der Waals surface area contributed by atoms with Crippen LogP contribution in [0.1, 0.15) is 35.6 Å². The molecule has 7 heteroatoms. The monoisotopic (exact) mass is 293 g/mol. The van der Waals surface area contributed by atoms with E-state index in [1.165, 1.54) is 19.4 Å². The second-order valence-corrected chi connectivity index (χ2v) is 5.13. The van der Waals surface area contributed by atoms with Gasteiger partial charge in [-0.05, 0) is 25.8 Å². The highest BCUT2D eigenvalue weighted by atomic mass is 16.5. The van der Waals surface area contributed by atoms with E-state index in [-0.39, 0.29) is 30.6 Å². The Hall–Kier alpha value is -2.02. The number of hydrogen-bond acceptors (Lipinski definition) is 6. The molecule has 0 aromatic carbocycles. The van der Waals surface area contributed by atoms with Gasteiger partial charge in [0.2, 0.25) is 0 Å². The number of ether oxygens (including phenoxy) is 2. The Balaban J connectivity index is 2.14. The topological polar surface area (TPSA) is 90.4 Å². The number of methoxy groups -OCH3 is 1. The fourth-order valence-corrected chi connectivity index (χ4v) is 2.37. The van der Waals surface area contributed by atoms with Crippen LogP contribution in [0.5, 0.6) is 0 Å². The highest BCUT2D eigenvalue weighted by molar-refractivity contribution is 5.93. The van der Waals surface area contributed by atoms with Gasteiger partial charge >= 0.3 is 5.97 Å². The fraction of sp³-hybridized carbons (Fsp3) is 0.571. The summed E-state index contributed by atoms with van der Waals surface area (Å²) in [5, 5.41) is 2.89. The summed E-state index contributed by atoms with van der Waals surface area (Å²) in [4.78, 5) is 32.0. The molecule has 0 spiro atoms. The third-order valence-corrected chi connectivity index (χ3v) is 3.42. The van der Waals surface area contributed by atoms with Crippen LogP contribution in [0.4, 0.5) is 0 Å². The molecule has 1 atom stereocenters. The summed E-state index contributed by atoms with van der Waals surface area (Å²) in [5.74, 6) is -0.195. The van der Waals surface area contributed by atoms with Gasteiger partial charge in [-0.25, -0.2) is 9.97 Å². The predicted molar refractivity (Wildman–Crippen MR) is 73.7 cm³/mol. The largest absolute Gasteiger partial charge is 0.469 e. The maximum Gasteiger partial charge on any atom is 0.307 e. The lowest BCUT2D eigenvalue weighted by atomic mass is 9.88. The Bertz CT molecular complexity index is 527. The number of nitrogens with zero attached hydrogens (tertiary/aromatic N) is 2. The molecular formula is C14H19N3O4. The molecule has 0 saturated carbocycles. The zero-order valence-electron chi connectivity index (χ0n) is 12.2. The molecule has 1 N–H and O–H groups in total. The highest BCUT2D eigenvalue weighted by Gasteiger charge is 2.37. The van der Waals surface area contributed by atoms with E-state index in [9.17, 15) is 9.59 Å². The second-order valence-electron chi connectivity index (χ2n) is 5.13. The van der Waals surface area contributed by atoms with Crippen molar-refractivity contribution in [3.63, 3.8) is 0 Å². The molecule has 0 bridgehead atoms. The van der Waals surface area contributed by atoms with E-state index in [0.717, 1.165) is 6.42 Å². The number of carbonyl (C=O) groups is 2. The Kier molecular flexibility index (Phi) is 4.85. The minimum atomic E-state index is -0.735. The first-order valence-electron chi connectivity index (χ1n) is 6.81. The van der Waals surface area contributed by atoms with Crippen molar-refractivity contribution in [3.05, 3.63) is 23.8 Å². The number of hydrogen-bond donors (Lipinski definition) is 1. The number of aromatic nitrogens is 2. The van der Waals surface area contributed by atoms with Crippen LogP contribution >= 0.6 is 0 Å². The van der Waals surface area contributed by atoms with Crippen LogP contribution in [0.25, 0.3) is 0 Å². The average Bonchev–Trinajstić information content (AvgIpc) is 2.47. The van der Waals surface area contributed by atoms with Crippen molar-refractivity contribution < 1.29 is 19.1 Å². The van der Waals surface area contributed by atoms with E-state index in [0.29, 0.717) is 18.9 Å². The number of rotatable bonds is 4. The van der Waals surface area contributed by atoms with Gasteiger partial charge in [-0.3, -0.25) is 9.59 Å². The number of nitrogens with one attached hydrogen (secondary N) is 1. The minimum absolute atomic E-state index is 0.0826. The molecule has 1 aromatic heterocycles. The Morgan fingerprint density at radius 2 is 2.33 bits per heavy atom. The molecule has 2 heterocycles. The molecular weight excluding hydrogens is 274 g/mol. The highest BCUT2D eigenvalue weighted by Crippen LogP contribution is 2.24. The lowest BCUT2D eigenvalue weighted by Gasteiger charge is -2.36. The van der Waals surface area contributed by atoms with Gasteiger partial charge in [-0.2, -0.15) is 0 Å². The van der Waals surface area contributed by atoms with Crippen molar-refractivity contribution in [2.24, 2.45) is 0 Å². The van der Waals surface area contributed by atoms with Gasteiger partial charge in [0, 0.05) is 12.8 Å². The first-order chi connectivity index (χ1) is 10.0. The van der Waals surface area contributed by atoms with Gasteiger partial charge in [-0.15, -0.1) is 0 Å². The maximum atomic E-state index is 12.3. The Morgan fingerprint density at radius 3 is 2.95 bits per heavy atom. The predicted octanol–water partition coefficient (Wildman–Crippen LogP) is 0.627. The Morgan fingerprint density at radius 1 is 1.52 bits per heavy atom. The lowest BCUT2D eigenvalue weighted by molar-refractivity contribution is -0.143. The van der Waals surface area contributed by atoms with E-state index in [4.69, 9.17) is 9.47 Å². The van der Waals surface area contributed by atoms with Gasteiger partial charge in [-0.1, -0.05) is 0 Å². The normalized spacial score (nSPS) is 21.6. The van der Waals surface area contributed by atoms with Gasteiger partial charge in [0.15, 0.2) is 0 Å². The van der Waals surface area contributed by atoms with Crippen molar-refractivity contribution in [3.8, 4) is 0 Å². The summed E-state index contributed by atoms with van der Waals surface area (Å²) in [6.07, 6.45) is 3.05. The van der Waals surface area contributed by atoms with E-state index in [1.54, 1.807) is 6.92 Å². The third-order valence-electron chi connectivity index (χ3n) is 3.42. The zero-order valence-corrected chi connectivity index (χ0v) is 12.2. The number of esters is 1. The van der Waals surface area contributed by atoms with E-state index in [1.807, 2.05) is 0 Å². The summed E-state index contributed by atoms with van der Waals surface area (Å²) in [6.45, 7) is 2.63. The summed E-state index contributed by atoms with van der Waals surface area (Å²) in [6, 6.07) is 1.54. The van der Waals surface area contributed by atoms with Crippen LogP contribution in [0.15, 0.2) is 12.3 Å². The van der Waals surface area contributed by atoms with Crippen molar-refractivity contribution >= 4 is 11.9 Å². The molecule has 1 amide bonds. The van der Waals surface area contributed by atoms with E-state index < -0.39 is 5.54 Å². The third kappa shape index (κ3) is 3.98. The van der Waals surface area contributed by atoms with Gasteiger partial charge in [0.1, 0.15) is 11.5 Å². The van der Waals surface area contributed by atoms with Crippen molar-refractivity contribution in [2.45, 2.75) is 31.7 Å². The second kappa shape index (κ2) is 6.62. The van der Waals surface area contributed by atoms with Crippen LogP contribution in [0.2, 0.25) is 0 Å². The molecule has 1 unspecified atom stereocenters. The lowest BCUT2D eigenvalue weighted by Crippen LogP contribution is -2.55. The molecule has 114 valence electrons. The Labute approximate surface area is 123 Å². The minimum Gasteiger partial charge on any atom is -0.469 e. The first-order valence-corrected chi connectivity index (χ1v) is 6.81. The van der Waals surface area contributed by atoms with Crippen molar-refractivity contribution in [1.29, 1.82) is 0 Å². The SMILES string of the molecule is COC(=O)CC1(NC(=O)c2ccnc(C)n2)CCCOC1. The number of carbonyl (C=O) groups excluding carboxylic acids is 2. The number of amides is 1. The first kappa shape index (κ1) is 15.4. The van der Waals surface area contributed by atoms with E-state index in [2.05, 4.69) is 15.3 Å². The molecule has 1 saturated heterocycles. The van der Waals surface area contributed by atoms with Crippen LogP contribution in [0, 0.1) is 6.92 Å². The molecule has 7 nitrogen and oxygen atoms in total. The van der Waals surface area contributed by atoms with Gasteiger partial charge < -0.3 is 14.8 Å². The molecule has 2 rings (SSSR count). The summed E-state index contributed by atoms with van der Waals surface area (Å²) in [7, 11) is 1.33. The zero-order chi connectivity index (χ0) is 15.3. The van der Waals surface area contributed by atoms with Crippen LogP contribution < -0.4 is 5.32 Å². The van der Waals surface area contributed by atoms with Gasteiger partial charge in [0.25, 0.3) is 5.91 Å². The van der Waals surface area contributed by atoms with Crippen LogP contribution in [-0.4, -0.2) is 47.7 Å². The number of aryl methyl sites for hydroxylation is 1. The summed E-state index contributed by atoms with van der Waals surface area (Å²) in [5.41, 5.74) is -0.460. The quantitative estimate of drug-likeness (QED) is 0.819. The molecule has 0 aliphatic carbocycles.